The number of ketones is 1. The number of H-pyrrole nitrogens is 1. The van der Waals surface area contributed by atoms with E-state index in [1.807, 2.05) is 24.3 Å². The van der Waals surface area contributed by atoms with Crippen LogP contribution in [-0.2, 0) is 11.2 Å². The number of imidazole rings is 1. The van der Waals surface area contributed by atoms with E-state index in [0.29, 0.717) is 18.2 Å². The lowest BCUT2D eigenvalue weighted by molar-refractivity contribution is -0.118. The Morgan fingerprint density at radius 2 is 1.89 bits per heavy atom. The van der Waals surface area contributed by atoms with Crippen molar-refractivity contribution >= 4 is 46.7 Å². The fourth-order valence-corrected chi connectivity index (χ4v) is 3.14. The number of nitrogens with two attached hydrogens (primary N) is 3. The molecule has 8 N–H and O–H groups in total. The molecule has 3 aromatic rings. The van der Waals surface area contributed by atoms with Gasteiger partial charge in [0.2, 0.25) is 5.95 Å². The highest BCUT2D eigenvalue weighted by molar-refractivity contribution is 6.31. The van der Waals surface area contributed by atoms with Gasteiger partial charge < -0.3 is 26.9 Å². The van der Waals surface area contributed by atoms with Crippen LogP contribution in [0.15, 0.2) is 41.7 Å². The molecular weight excluding hydrogens is 474 g/mol. The second kappa shape index (κ2) is 12.3. The Bertz CT molecular complexity index is 1180. The predicted octanol–water partition coefficient (Wildman–Crippen LogP) is 1.99. The molecule has 184 valence electrons. The smallest absolute Gasteiger partial charge is 0.264 e. The van der Waals surface area contributed by atoms with Gasteiger partial charge in [-0.3, -0.25) is 19.9 Å². The van der Waals surface area contributed by atoms with E-state index >= 15 is 0 Å². The van der Waals surface area contributed by atoms with Crippen molar-refractivity contribution in [2.24, 2.45) is 10.7 Å². The van der Waals surface area contributed by atoms with E-state index < -0.39 is 5.78 Å². The average Bonchev–Trinajstić information content (AvgIpc) is 3.33. The summed E-state index contributed by atoms with van der Waals surface area (Å²) in [6, 6.07) is 7.52. The normalized spacial score (nSPS) is 11.3. The minimum Gasteiger partial charge on any atom is -0.484 e. The molecule has 2 heterocycles. The van der Waals surface area contributed by atoms with Crippen molar-refractivity contribution in [1.29, 1.82) is 0 Å². The standard InChI is InChI=1S/C22H26ClN9O3/c23-19-21(26)32-20(25)18(31-19)15(33)11-16(24)27-8-2-1-3-13-4-6-14(7-5-13)35-12-17(34)30-22-28-9-10-29-22/h4-7,9-10H,1-3,8,11-12H2,(H2,24,27)(H4,25,26,32)(H2,28,29,30,34). The second-order valence-corrected chi connectivity index (χ2v) is 7.84. The third-order valence-corrected chi connectivity index (χ3v) is 5.03. The fourth-order valence-electron chi connectivity index (χ4n) is 3.02. The highest BCUT2D eigenvalue weighted by Crippen LogP contribution is 2.18. The first-order valence-corrected chi connectivity index (χ1v) is 11.1. The van der Waals surface area contributed by atoms with E-state index in [0.717, 1.165) is 24.8 Å². The van der Waals surface area contributed by atoms with Crippen LogP contribution in [0.25, 0.3) is 0 Å². The molecule has 0 aliphatic carbocycles. The Kier molecular flexibility index (Phi) is 8.95. The van der Waals surface area contributed by atoms with E-state index in [1.165, 1.54) is 0 Å². The van der Waals surface area contributed by atoms with Crippen molar-refractivity contribution in [1.82, 2.24) is 19.9 Å². The zero-order valence-corrected chi connectivity index (χ0v) is 19.6. The van der Waals surface area contributed by atoms with Crippen molar-refractivity contribution in [3.05, 3.63) is 53.1 Å². The van der Waals surface area contributed by atoms with Gasteiger partial charge in [0.05, 0.1) is 6.42 Å². The van der Waals surface area contributed by atoms with E-state index in [4.69, 9.17) is 33.5 Å². The van der Waals surface area contributed by atoms with Gasteiger partial charge in [-0.15, -0.1) is 0 Å². The highest BCUT2D eigenvalue weighted by Gasteiger charge is 2.17. The Morgan fingerprint density at radius 1 is 1.11 bits per heavy atom. The Morgan fingerprint density at radius 3 is 2.60 bits per heavy atom. The van der Waals surface area contributed by atoms with Crippen molar-refractivity contribution < 1.29 is 14.3 Å². The molecule has 0 spiro atoms. The molecular formula is C22H26ClN9O3. The molecule has 1 aromatic carbocycles. The fraction of sp³-hybridized carbons (Fsp3) is 0.273. The summed E-state index contributed by atoms with van der Waals surface area (Å²) in [6.07, 6.45) is 5.52. The van der Waals surface area contributed by atoms with E-state index in [-0.39, 0.29) is 47.3 Å². The Labute approximate surface area is 206 Å². The van der Waals surface area contributed by atoms with Crippen LogP contribution in [0.4, 0.5) is 17.6 Å². The third-order valence-electron chi connectivity index (χ3n) is 4.75. The number of aromatic nitrogens is 4. The minimum atomic E-state index is -0.432. The number of nitrogens with one attached hydrogen (secondary N) is 2. The van der Waals surface area contributed by atoms with Crippen LogP contribution in [0.1, 0.15) is 35.3 Å². The van der Waals surface area contributed by atoms with Crippen LogP contribution in [0, 0.1) is 0 Å². The molecule has 0 aliphatic heterocycles. The zero-order valence-electron chi connectivity index (χ0n) is 18.8. The first-order valence-electron chi connectivity index (χ1n) is 10.7. The maximum Gasteiger partial charge on any atom is 0.264 e. The monoisotopic (exact) mass is 499 g/mol. The first-order chi connectivity index (χ1) is 16.8. The van der Waals surface area contributed by atoms with Crippen molar-refractivity contribution in [3.8, 4) is 5.75 Å². The van der Waals surface area contributed by atoms with Crippen molar-refractivity contribution in [3.63, 3.8) is 0 Å². The molecule has 12 nitrogen and oxygen atoms in total. The number of carbonyl (C=O) groups excluding carboxylic acids is 2. The van der Waals surface area contributed by atoms with Gasteiger partial charge >= 0.3 is 0 Å². The largest absolute Gasteiger partial charge is 0.484 e. The van der Waals surface area contributed by atoms with Gasteiger partial charge in [0.25, 0.3) is 5.91 Å². The number of rotatable bonds is 12. The van der Waals surface area contributed by atoms with Gasteiger partial charge in [-0.25, -0.2) is 15.0 Å². The van der Waals surface area contributed by atoms with Gasteiger partial charge in [0.1, 0.15) is 11.6 Å². The maximum absolute atomic E-state index is 12.3. The lowest BCUT2D eigenvalue weighted by Gasteiger charge is -2.07. The summed E-state index contributed by atoms with van der Waals surface area (Å²) in [5.41, 5.74) is 18.1. The predicted molar refractivity (Wildman–Crippen MR) is 133 cm³/mol. The number of aryl methyl sites for hydroxylation is 1. The molecule has 0 atom stereocenters. The Balaban J connectivity index is 1.35. The molecule has 0 aliphatic rings. The summed E-state index contributed by atoms with van der Waals surface area (Å²) in [6.45, 7) is 0.362. The SMILES string of the molecule is NC(CC(=O)c1nc(Cl)c(N)nc1N)=NCCCCc1ccc(OCC(=O)Nc2ncc[nH]2)cc1. The van der Waals surface area contributed by atoms with Crippen LogP contribution in [0.2, 0.25) is 5.15 Å². The van der Waals surface area contributed by atoms with Gasteiger partial charge in [-0.1, -0.05) is 23.7 Å². The molecule has 0 saturated carbocycles. The highest BCUT2D eigenvalue weighted by atomic mass is 35.5. The first kappa shape index (κ1) is 25.4. The molecule has 35 heavy (non-hydrogen) atoms. The van der Waals surface area contributed by atoms with Crippen LogP contribution in [-0.4, -0.2) is 50.6 Å². The lowest BCUT2D eigenvalue weighted by atomic mass is 10.1. The summed E-state index contributed by atoms with van der Waals surface area (Å²) in [7, 11) is 0. The van der Waals surface area contributed by atoms with Crippen molar-refractivity contribution in [2.45, 2.75) is 25.7 Å². The van der Waals surface area contributed by atoms with Gasteiger partial charge in [0.15, 0.2) is 34.9 Å². The van der Waals surface area contributed by atoms with Crippen LogP contribution in [0.3, 0.4) is 0 Å². The molecule has 0 fully saturated rings. The number of benzene rings is 1. The number of aromatic amines is 1. The summed E-state index contributed by atoms with van der Waals surface area (Å²) >= 11 is 5.80. The third kappa shape index (κ3) is 7.96. The topological polar surface area (TPSA) is 200 Å². The summed E-state index contributed by atoms with van der Waals surface area (Å²) in [4.78, 5) is 42.7. The van der Waals surface area contributed by atoms with Gasteiger partial charge in [-0.2, -0.15) is 0 Å². The number of ether oxygens (including phenoxy) is 1. The van der Waals surface area contributed by atoms with Crippen molar-refractivity contribution in [2.75, 3.05) is 29.9 Å². The number of Topliss-reactive ketones (excluding diaryl/α,β-unsaturated/α-hetero) is 1. The molecule has 1 amide bonds. The Hall–Kier alpha value is -4.19. The van der Waals surface area contributed by atoms with Crippen LogP contribution < -0.4 is 27.3 Å². The number of hydrogen-bond acceptors (Lipinski definition) is 9. The second-order valence-electron chi connectivity index (χ2n) is 7.48. The number of amidine groups is 1. The number of halogens is 1. The number of hydrogen-bond donors (Lipinski definition) is 5. The van der Waals surface area contributed by atoms with Gasteiger partial charge in [-0.05, 0) is 37.0 Å². The van der Waals surface area contributed by atoms with E-state index in [2.05, 4.69) is 30.2 Å². The molecule has 0 radical (unpaired) electrons. The maximum atomic E-state index is 12.3. The molecule has 2 aromatic heterocycles. The zero-order chi connectivity index (χ0) is 25.2. The summed E-state index contributed by atoms with van der Waals surface area (Å²) in [5, 5.41) is 2.50. The molecule has 0 bridgehead atoms. The van der Waals surface area contributed by atoms with Crippen LogP contribution in [0.5, 0.6) is 5.75 Å². The number of aliphatic imine (C=N–C) groups is 1. The van der Waals surface area contributed by atoms with E-state index in [1.54, 1.807) is 12.4 Å². The number of anilines is 3. The molecule has 0 saturated heterocycles. The minimum absolute atomic E-state index is 0.0435. The van der Waals surface area contributed by atoms with E-state index in [9.17, 15) is 9.59 Å². The number of carbonyl (C=O) groups is 2. The lowest BCUT2D eigenvalue weighted by Crippen LogP contribution is -2.20. The average molecular weight is 500 g/mol. The number of amides is 1. The molecule has 0 unspecified atom stereocenters. The number of unbranched alkanes of at least 4 members (excludes halogenated alkanes) is 1. The number of nitrogens with zero attached hydrogens (tertiary/aromatic N) is 4. The van der Waals surface area contributed by atoms with Crippen LogP contribution >= 0.6 is 11.6 Å². The molecule has 13 heteroatoms. The summed E-state index contributed by atoms with van der Waals surface area (Å²) < 4.78 is 5.48. The van der Waals surface area contributed by atoms with Gasteiger partial charge in [0, 0.05) is 18.9 Å². The quantitative estimate of drug-likeness (QED) is 0.107. The summed E-state index contributed by atoms with van der Waals surface area (Å²) in [5.74, 6) is 0.270. The number of nitrogen functional groups attached to an aromatic ring is 2. The molecule has 3 rings (SSSR count).